The van der Waals surface area contributed by atoms with Gasteiger partial charge in [0.2, 0.25) is 5.91 Å². The molecule has 0 saturated carbocycles. The number of rotatable bonds is 4. The molecule has 1 aliphatic carbocycles. The normalized spacial score (nSPS) is 13.6. The number of fused-ring (bicyclic) bond motifs is 1. The van der Waals surface area contributed by atoms with E-state index in [4.69, 9.17) is 5.11 Å². The fourth-order valence-electron chi connectivity index (χ4n) is 3.13. The third-order valence-corrected chi connectivity index (χ3v) is 4.50. The predicted molar refractivity (Wildman–Crippen MR) is 87.5 cm³/mol. The highest BCUT2D eigenvalue weighted by atomic mass is 16.4. The van der Waals surface area contributed by atoms with Gasteiger partial charge in [0.15, 0.2) is 0 Å². The van der Waals surface area contributed by atoms with Crippen LogP contribution in [0.25, 0.3) is 0 Å². The number of carbonyl (C=O) groups is 2. The molecule has 118 valence electrons. The Bertz CT molecular complexity index is 729. The molecule has 1 aliphatic rings. The van der Waals surface area contributed by atoms with Crippen LogP contribution in [0.4, 0.5) is 0 Å². The van der Waals surface area contributed by atoms with Gasteiger partial charge in [-0.25, -0.2) is 4.79 Å². The number of amides is 1. The van der Waals surface area contributed by atoms with Crippen LogP contribution < -0.4 is 0 Å². The van der Waals surface area contributed by atoms with Crippen molar-refractivity contribution in [1.82, 2.24) is 4.90 Å². The zero-order valence-corrected chi connectivity index (χ0v) is 13.0. The fraction of sp³-hybridized carbons (Fsp3) is 0.263. The molecule has 4 heteroatoms. The number of hydrogen-bond acceptors (Lipinski definition) is 2. The Morgan fingerprint density at radius 3 is 2.35 bits per heavy atom. The quantitative estimate of drug-likeness (QED) is 0.944. The third kappa shape index (κ3) is 3.26. The number of carboxylic acids is 1. The van der Waals surface area contributed by atoms with Gasteiger partial charge in [0, 0.05) is 13.1 Å². The number of carboxylic acid groups (broad SMARTS) is 1. The van der Waals surface area contributed by atoms with E-state index in [9.17, 15) is 9.59 Å². The number of carbonyl (C=O) groups excluding carboxylic acids is 1. The summed E-state index contributed by atoms with van der Waals surface area (Å²) in [6.07, 6.45) is 1.99. The van der Waals surface area contributed by atoms with Crippen molar-refractivity contribution >= 4 is 11.9 Å². The van der Waals surface area contributed by atoms with Gasteiger partial charge in [-0.05, 0) is 41.7 Å². The first-order valence-corrected chi connectivity index (χ1v) is 7.69. The van der Waals surface area contributed by atoms with Gasteiger partial charge in [0.1, 0.15) is 0 Å². The number of aromatic carboxylic acids is 1. The lowest BCUT2D eigenvalue weighted by molar-refractivity contribution is -0.131. The summed E-state index contributed by atoms with van der Waals surface area (Å²) in [6, 6.07) is 15.0. The summed E-state index contributed by atoms with van der Waals surface area (Å²) in [7, 11) is 1.83. The van der Waals surface area contributed by atoms with Crippen LogP contribution in [0, 0.1) is 0 Å². The lowest BCUT2D eigenvalue weighted by atomic mass is 10.1. The van der Waals surface area contributed by atoms with Crippen LogP contribution in [0.15, 0.2) is 48.5 Å². The van der Waals surface area contributed by atoms with Gasteiger partial charge >= 0.3 is 5.97 Å². The van der Waals surface area contributed by atoms with Crippen molar-refractivity contribution in [3.8, 4) is 0 Å². The van der Waals surface area contributed by atoms with E-state index in [1.54, 1.807) is 23.1 Å². The molecule has 0 bridgehead atoms. The second kappa shape index (κ2) is 6.24. The van der Waals surface area contributed by atoms with Crippen molar-refractivity contribution in [1.29, 1.82) is 0 Å². The summed E-state index contributed by atoms with van der Waals surface area (Å²) in [5.41, 5.74) is 3.57. The Hall–Kier alpha value is -2.62. The van der Waals surface area contributed by atoms with E-state index in [2.05, 4.69) is 12.1 Å². The van der Waals surface area contributed by atoms with E-state index < -0.39 is 5.97 Å². The highest BCUT2D eigenvalue weighted by Crippen LogP contribution is 2.25. The van der Waals surface area contributed by atoms with Crippen molar-refractivity contribution in [3.05, 3.63) is 70.8 Å². The van der Waals surface area contributed by atoms with Crippen molar-refractivity contribution in [2.24, 2.45) is 0 Å². The number of benzene rings is 2. The monoisotopic (exact) mass is 309 g/mol. The second-order valence-electron chi connectivity index (χ2n) is 6.02. The smallest absolute Gasteiger partial charge is 0.335 e. The fourth-order valence-corrected chi connectivity index (χ4v) is 3.13. The zero-order chi connectivity index (χ0) is 16.4. The van der Waals surface area contributed by atoms with Crippen LogP contribution in [0.5, 0.6) is 0 Å². The lowest BCUT2D eigenvalue weighted by Gasteiger charge is -2.24. The highest BCUT2D eigenvalue weighted by Gasteiger charge is 2.27. The maximum Gasteiger partial charge on any atom is 0.335 e. The molecule has 0 fully saturated rings. The minimum Gasteiger partial charge on any atom is -0.478 e. The van der Waals surface area contributed by atoms with Gasteiger partial charge in [-0.1, -0.05) is 36.4 Å². The van der Waals surface area contributed by atoms with E-state index in [1.165, 1.54) is 17.2 Å². The molecule has 0 radical (unpaired) electrons. The van der Waals surface area contributed by atoms with Crippen LogP contribution in [0.3, 0.4) is 0 Å². The Labute approximate surface area is 135 Å². The molecular formula is C19H19NO3. The zero-order valence-electron chi connectivity index (χ0n) is 13.0. The molecule has 0 atom stereocenters. The van der Waals surface area contributed by atoms with Gasteiger partial charge in [-0.15, -0.1) is 0 Å². The van der Waals surface area contributed by atoms with E-state index in [0.29, 0.717) is 0 Å². The molecule has 1 amide bonds. The van der Waals surface area contributed by atoms with Gasteiger partial charge in [0.25, 0.3) is 0 Å². The minimum atomic E-state index is -0.973. The van der Waals surface area contributed by atoms with Gasteiger partial charge in [-0.3, -0.25) is 4.79 Å². The second-order valence-corrected chi connectivity index (χ2v) is 6.02. The van der Waals surface area contributed by atoms with Crippen LogP contribution in [-0.2, 0) is 24.1 Å². The van der Waals surface area contributed by atoms with E-state index in [-0.39, 0.29) is 23.9 Å². The number of likely N-dealkylation sites (N-methyl/N-ethyl adjacent to an activating group) is 1. The first-order chi connectivity index (χ1) is 11.0. The van der Waals surface area contributed by atoms with Crippen LogP contribution in [0.1, 0.15) is 27.0 Å². The summed E-state index contributed by atoms with van der Waals surface area (Å²) >= 11 is 0. The van der Waals surface area contributed by atoms with Crippen LogP contribution in [0.2, 0.25) is 0 Å². The summed E-state index contributed by atoms with van der Waals surface area (Å²) in [5.74, 6) is -0.954. The average Bonchev–Trinajstić information content (AvgIpc) is 2.98. The minimum absolute atomic E-state index is 0.0188. The summed E-state index contributed by atoms with van der Waals surface area (Å²) in [4.78, 5) is 25.3. The molecule has 0 unspecified atom stereocenters. The predicted octanol–water partition coefficient (Wildman–Crippen LogP) is 2.55. The first kappa shape index (κ1) is 15.3. The SMILES string of the molecule is CN(C(=O)Cc1cccc(C(=O)O)c1)C1Cc2ccccc2C1. The Balaban J connectivity index is 1.67. The largest absolute Gasteiger partial charge is 0.478 e. The molecule has 4 nitrogen and oxygen atoms in total. The molecule has 3 rings (SSSR count). The summed E-state index contributed by atoms with van der Waals surface area (Å²) < 4.78 is 0. The molecule has 2 aromatic carbocycles. The topological polar surface area (TPSA) is 57.6 Å². The number of nitrogens with zero attached hydrogens (tertiary/aromatic N) is 1. The molecule has 2 aromatic rings. The maximum atomic E-state index is 12.5. The van der Waals surface area contributed by atoms with E-state index >= 15 is 0 Å². The van der Waals surface area contributed by atoms with E-state index in [1.807, 2.05) is 19.2 Å². The van der Waals surface area contributed by atoms with Crippen LogP contribution >= 0.6 is 0 Å². The van der Waals surface area contributed by atoms with E-state index in [0.717, 1.165) is 18.4 Å². The lowest BCUT2D eigenvalue weighted by Crippen LogP contribution is -2.38. The van der Waals surface area contributed by atoms with Crippen molar-refractivity contribution in [2.45, 2.75) is 25.3 Å². The van der Waals surface area contributed by atoms with Crippen molar-refractivity contribution in [2.75, 3.05) is 7.05 Å². The number of hydrogen-bond donors (Lipinski definition) is 1. The molecule has 0 heterocycles. The standard InChI is InChI=1S/C19H19NO3/c1-20(17-11-14-6-2-3-7-15(14)12-17)18(21)10-13-5-4-8-16(9-13)19(22)23/h2-9,17H,10-12H2,1H3,(H,22,23). The molecule has 0 aliphatic heterocycles. The van der Waals surface area contributed by atoms with Crippen LogP contribution in [-0.4, -0.2) is 35.0 Å². The van der Waals surface area contributed by atoms with Crippen molar-refractivity contribution < 1.29 is 14.7 Å². The molecule has 0 aromatic heterocycles. The molecule has 0 spiro atoms. The molecule has 23 heavy (non-hydrogen) atoms. The van der Waals surface area contributed by atoms with Gasteiger partial charge in [-0.2, -0.15) is 0 Å². The highest BCUT2D eigenvalue weighted by molar-refractivity contribution is 5.88. The Morgan fingerprint density at radius 2 is 1.74 bits per heavy atom. The molecular weight excluding hydrogens is 290 g/mol. The first-order valence-electron chi connectivity index (χ1n) is 7.69. The third-order valence-electron chi connectivity index (χ3n) is 4.50. The Morgan fingerprint density at radius 1 is 1.09 bits per heavy atom. The van der Waals surface area contributed by atoms with Gasteiger partial charge in [0.05, 0.1) is 12.0 Å². The average molecular weight is 309 g/mol. The Kier molecular flexibility index (Phi) is 4.15. The molecule has 1 N–H and O–H groups in total. The molecule has 0 saturated heterocycles. The van der Waals surface area contributed by atoms with Gasteiger partial charge < -0.3 is 10.0 Å². The maximum absolute atomic E-state index is 12.5. The summed E-state index contributed by atoms with van der Waals surface area (Å²) in [6.45, 7) is 0. The summed E-state index contributed by atoms with van der Waals surface area (Å²) in [5, 5.41) is 9.03. The van der Waals surface area contributed by atoms with Crippen molar-refractivity contribution in [3.63, 3.8) is 0 Å².